The van der Waals surface area contributed by atoms with E-state index >= 15 is 0 Å². The Morgan fingerprint density at radius 2 is 1.67 bits per heavy atom. The van der Waals surface area contributed by atoms with Gasteiger partial charge in [-0.05, 0) is 77.6 Å². The van der Waals surface area contributed by atoms with E-state index in [0.29, 0.717) is 25.1 Å². The third-order valence-electron chi connectivity index (χ3n) is 8.83. The molecule has 0 radical (unpaired) electrons. The lowest BCUT2D eigenvalue weighted by Gasteiger charge is -2.34. The first-order valence-corrected chi connectivity index (χ1v) is 16.3. The van der Waals surface area contributed by atoms with Gasteiger partial charge in [0.15, 0.2) is 0 Å². The summed E-state index contributed by atoms with van der Waals surface area (Å²) in [7, 11) is 3.53. The van der Waals surface area contributed by atoms with Crippen molar-refractivity contribution in [2.45, 2.75) is 38.8 Å². The molecule has 0 aliphatic heterocycles. The molecule has 48 heavy (non-hydrogen) atoms. The third-order valence-corrected chi connectivity index (χ3v) is 8.83. The molecule has 0 aliphatic carbocycles. The summed E-state index contributed by atoms with van der Waals surface area (Å²) in [6, 6.07) is 36.3. The second-order valence-corrected chi connectivity index (χ2v) is 11.7. The number of aromatic nitrogens is 2. The molecule has 0 saturated heterocycles. The zero-order valence-electron chi connectivity index (χ0n) is 27.7. The van der Waals surface area contributed by atoms with Gasteiger partial charge in [0, 0.05) is 49.0 Å². The van der Waals surface area contributed by atoms with Crippen LogP contribution in [-0.2, 0) is 19.4 Å². The Morgan fingerprint density at radius 3 is 2.42 bits per heavy atom. The molecule has 7 nitrogen and oxygen atoms in total. The molecule has 0 aliphatic rings. The summed E-state index contributed by atoms with van der Waals surface area (Å²) in [5, 5.41) is 6.91. The van der Waals surface area contributed by atoms with Gasteiger partial charge >= 0.3 is 0 Å². The molecule has 242 valence electrons. The number of amides is 1. The van der Waals surface area contributed by atoms with Crippen LogP contribution in [0.25, 0.3) is 21.7 Å². The highest BCUT2D eigenvalue weighted by molar-refractivity contribution is 5.93. The standard InChI is InChI=1S/C41H41N5O2/c1-4-39(38(45-41(47)37-18-9-10-25-43-37)26-31-14-11-13-30-12-5-6-15-34(30)31)46(28-29-19-22-33(48-3)23-20-29)40(42-2)24-21-32-27-44-36-17-8-7-16-35(32)36/h4-20,22-23,25,27,38,44H,21,24,26,28H2,1-3H3,(H,45,47)/b39-4+,42-40-/t38-/m1/s1. The van der Waals surface area contributed by atoms with Crippen LogP contribution in [0, 0.1) is 0 Å². The van der Waals surface area contributed by atoms with Crippen molar-refractivity contribution in [2.24, 2.45) is 4.99 Å². The first-order chi connectivity index (χ1) is 23.6. The van der Waals surface area contributed by atoms with E-state index in [1.165, 1.54) is 10.9 Å². The number of pyridine rings is 1. The summed E-state index contributed by atoms with van der Waals surface area (Å²) >= 11 is 0. The van der Waals surface area contributed by atoms with Gasteiger partial charge in [0.2, 0.25) is 0 Å². The number of hydrogen-bond acceptors (Lipinski definition) is 4. The number of benzene rings is 4. The number of carbonyl (C=O) groups excluding carboxylic acids is 1. The number of nitrogens with one attached hydrogen (secondary N) is 2. The van der Waals surface area contributed by atoms with Gasteiger partial charge in [0.1, 0.15) is 17.3 Å². The molecule has 6 rings (SSSR count). The quantitative estimate of drug-likeness (QED) is 0.105. The fourth-order valence-corrected chi connectivity index (χ4v) is 6.39. The van der Waals surface area contributed by atoms with Crippen molar-refractivity contribution in [3.63, 3.8) is 0 Å². The number of nitrogens with zero attached hydrogens (tertiary/aromatic N) is 3. The molecule has 4 aromatic carbocycles. The Labute approximate surface area is 282 Å². The maximum atomic E-state index is 13.8. The van der Waals surface area contributed by atoms with Crippen LogP contribution in [0.5, 0.6) is 5.75 Å². The fourth-order valence-electron chi connectivity index (χ4n) is 6.39. The predicted molar refractivity (Wildman–Crippen MR) is 195 cm³/mol. The molecule has 0 unspecified atom stereocenters. The maximum absolute atomic E-state index is 13.8. The third kappa shape index (κ3) is 7.31. The van der Waals surface area contributed by atoms with Crippen LogP contribution in [-0.4, -0.2) is 46.8 Å². The Hall–Kier alpha value is -5.69. The number of carbonyl (C=O) groups is 1. The summed E-state index contributed by atoms with van der Waals surface area (Å²) in [6.07, 6.45) is 7.95. The predicted octanol–water partition coefficient (Wildman–Crippen LogP) is 8.13. The van der Waals surface area contributed by atoms with Crippen LogP contribution in [0.15, 0.2) is 138 Å². The fraction of sp³-hybridized carbons (Fsp3) is 0.195. The largest absolute Gasteiger partial charge is 0.497 e. The molecule has 0 spiro atoms. The zero-order chi connectivity index (χ0) is 33.3. The van der Waals surface area contributed by atoms with Crippen LogP contribution < -0.4 is 10.1 Å². The van der Waals surface area contributed by atoms with Crippen molar-refractivity contribution in [1.29, 1.82) is 0 Å². The number of amidine groups is 1. The highest BCUT2D eigenvalue weighted by Gasteiger charge is 2.27. The first-order valence-electron chi connectivity index (χ1n) is 16.3. The zero-order valence-corrected chi connectivity index (χ0v) is 27.7. The topological polar surface area (TPSA) is 82.6 Å². The summed E-state index contributed by atoms with van der Waals surface area (Å²) in [4.78, 5) is 28.7. The van der Waals surface area contributed by atoms with Crippen molar-refractivity contribution in [3.8, 4) is 5.75 Å². The molecular weight excluding hydrogens is 594 g/mol. The van der Waals surface area contributed by atoms with Gasteiger partial charge in [-0.25, -0.2) is 0 Å². The van der Waals surface area contributed by atoms with Crippen molar-refractivity contribution in [3.05, 3.63) is 156 Å². The van der Waals surface area contributed by atoms with E-state index < -0.39 is 0 Å². The average molecular weight is 636 g/mol. The first kappa shape index (κ1) is 32.3. The maximum Gasteiger partial charge on any atom is 0.270 e. The highest BCUT2D eigenvalue weighted by atomic mass is 16.5. The van der Waals surface area contributed by atoms with Gasteiger partial charge in [-0.1, -0.05) is 84.9 Å². The van der Waals surface area contributed by atoms with Gasteiger partial charge in [-0.15, -0.1) is 0 Å². The van der Waals surface area contributed by atoms with Gasteiger partial charge in [-0.2, -0.15) is 0 Å². The number of allylic oxidation sites excluding steroid dienone is 1. The van der Waals surface area contributed by atoms with Gasteiger partial charge in [0.25, 0.3) is 5.91 Å². The SMILES string of the molecule is C/C=C(\[C@@H](Cc1cccc2ccccc12)NC(=O)c1ccccn1)N(Cc1ccc(OC)cc1)/C(CCc1c[nH]c2ccccc12)=N\C. The van der Waals surface area contributed by atoms with Gasteiger partial charge in [0.05, 0.1) is 13.2 Å². The van der Waals surface area contributed by atoms with Crippen molar-refractivity contribution < 1.29 is 9.53 Å². The second-order valence-electron chi connectivity index (χ2n) is 11.7. The van der Waals surface area contributed by atoms with Crippen LogP contribution in [0.2, 0.25) is 0 Å². The number of para-hydroxylation sites is 1. The number of hydrogen-bond donors (Lipinski definition) is 2. The number of methoxy groups -OCH3 is 1. The van der Waals surface area contributed by atoms with Crippen molar-refractivity contribution in [1.82, 2.24) is 20.2 Å². The molecule has 7 heteroatoms. The smallest absolute Gasteiger partial charge is 0.270 e. The number of fused-ring (bicyclic) bond motifs is 2. The lowest BCUT2D eigenvalue weighted by molar-refractivity contribution is 0.0933. The van der Waals surface area contributed by atoms with Gasteiger partial charge in [-0.3, -0.25) is 14.8 Å². The Morgan fingerprint density at radius 1 is 0.917 bits per heavy atom. The van der Waals surface area contributed by atoms with E-state index in [2.05, 4.69) is 105 Å². The van der Waals surface area contributed by atoms with E-state index in [1.54, 1.807) is 19.4 Å². The Kier molecular flexibility index (Phi) is 10.3. The molecule has 0 bridgehead atoms. The summed E-state index contributed by atoms with van der Waals surface area (Å²) in [5.74, 6) is 1.51. The van der Waals surface area contributed by atoms with E-state index in [0.717, 1.165) is 51.1 Å². The summed E-state index contributed by atoms with van der Waals surface area (Å²) in [5.41, 5.74) is 5.96. The normalized spacial score (nSPS) is 12.6. The van der Waals surface area contributed by atoms with E-state index in [4.69, 9.17) is 9.73 Å². The van der Waals surface area contributed by atoms with Crippen LogP contribution >= 0.6 is 0 Å². The number of aromatic amines is 1. The molecular formula is C41H41N5O2. The van der Waals surface area contributed by atoms with Crippen molar-refractivity contribution >= 4 is 33.4 Å². The lowest BCUT2D eigenvalue weighted by atomic mass is 9.96. The number of rotatable bonds is 12. The molecule has 0 fully saturated rings. The van der Waals surface area contributed by atoms with Crippen LogP contribution in [0.4, 0.5) is 0 Å². The van der Waals surface area contributed by atoms with Gasteiger partial charge < -0.3 is 19.9 Å². The minimum atomic E-state index is -0.376. The molecule has 2 aromatic heterocycles. The molecule has 1 atom stereocenters. The van der Waals surface area contributed by atoms with Crippen molar-refractivity contribution in [2.75, 3.05) is 14.2 Å². The number of H-pyrrole nitrogens is 1. The monoisotopic (exact) mass is 635 g/mol. The average Bonchev–Trinajstić information content (AvgIpc) is 3.55. The summed E-state index contributed by atoms with van der Waals surface area (Å²) < 4.78 is 5.45. The minimum absolute atomic E-state index is 0.224. The second kappa shape index (κ2) is 15.3. The van der Waals surface area contributed by atoms with E-state index in [-0.39, 0.29) is 11.9 Å². The molecule has 2 N–H and O–H groups in total. The van der Waals surface area contributed by atoms with E-state index in [1.807, 2.05) is 44.3 Å². The molecule has 6 aromatic rings. The molecule has 0 saturated carbocycles. The van der Waals surface area contributed by atoms with Crippen LogP contribution in [0.1, 0.15) is 40.5 Å². The molecule has 2 heterocycles. The van der Waals surface area contributed by atoms with E-state index in [9.17, 15) is 4.79 Å². The minimum Gasteiger partial charge on any atom is -0.497 e. The highest BCUT2D eigenvalue weighted by Crippen LogP contribution is 2.27. The summed E-state index contributed by atoms with van der Waals surface area (Å²) in [6.45, 7) is 2.60. The number of ether oxygens (including phenoxy) is 1. The Balaban J connectivity index is 1.39. The molecule has 1 amide bonds. The lowest BCUT2D eigenvalue weighted by Crippen LogP contribution is -2.45. The number of aliphatic imine (C=N–C) groups is 1. The Bertz CT molecular complexity index is 2040. The van der Waals surface area contributed by atoms with Crippen LogP contribution in [0.3, 0.4) is 0 Å². The number of aryl methyl sites for hydroxylation is 1.